The van der Waals surface area contributed by atoms with Gasteiger partial charge in [0.15, 0.2) is 0 Å². The largest absolute Gasteiger partial charge is 0.350 e. The Labute approximate surface area is 158 Å². The molecule has 0 spiro atoms. The molecule has 1 aliphatic heterocycles. The van der Waals surface area contributed by atoms with Gasteiger partial charge in [0.1, 0.15) is 10.7 Å². The summed E-state index contributed by atoms with van der Waals surface area (Å²) in [6.07, 6.45) is 3.31. The number of carbonyl (C=O) groups excluding carboxylic acids is 2. The van der Waals surface area contributed by atoms with E-state index in [0.717, 1.165) is 35.4 Å². The number of rotatable bonds is 6. The van der Waals surface area contributed by atoms with Crippen molar-refractivity contribution < 1.29 is 9.59 Å². The summed E-state index contributed by atoms with van der Waals surface area (Å²) in [5.41, 5.74) is 3.64. The number of aryl methyl sites for hydroxylation is 2. The van der Waals surface area contributed by atoms with Gasteiger partial charge in [0, 0.05) is 5.69 Å². The van der Waals surface area contributed by atoms with Crippen LogP contribution in [-0.2, 0) is 16.0 Å². The second kappa shape index (κ2) is 7.75. The molecule has 0 fully saturated rings. The number of nitrogens with one attached hydrogen (secondary N) is 1. The first-order valence-electron chi connectivity index (χ1n) is 8.72. The van der Waals surface area contributed by atoms with Crippen LogP contribution < -0.4 is 10.2 Å². The van der Waals surface area contributed by atoms with Crippen LogP contribution in [0.5, 0.6) is 0 Å². The molecule has 0 aromatic heterocycles. The van der Waals surface area contributed by atoms with Crippen molar-refractivity contribution in [3.63, 3.8) is 0 Å². The molecule has 1 N–H and O–H groups in total. The van der Waals surface area contributed by atoms with E-state index < -0.39 is 11.8 Å². The highest BCUT2D eigenvalue weighted by Gasteiger charge is 2.38. The molecule has 0 aliphatic carbocycles. The molecule has 2 aromatic rings. The molecule has 26 heavy (non-hydrogen) atoms. The van der Waals surface area contributed by atoms with Crippen molar-refractivity contribution >= 4 is 34.8 Å². The third kappa shape index (κ3) is 3.65. The standard InChI is InChI=1S/C21H21ClN2O2/c1-3-4-5-15-8-10-16(11-9-15)23-19-18(22)20(25)24(21(19)26)17-12-6-14(2)7-13-17/h6-13,23H,3-5H2,1-2H3. The third-order valence-corrected chi connectivity index (χ3v) is 4.71. The van der Waals surface area contributed by atoms with Gasteiger partial charge in [-0.3, -0.25) is 9.59 Å². The molecular weight excluding hydrogens is 348 g/mol. The monoisotopic (exact) mass is 368 g/mol. The smallest absolute Gasteiger partial charge is 0.283 e. The zero-order valence-electron chi connectivity index (χ0n) is 14.9. The maximum Gasteiger partial charge on any atom is 0.283 e. The maximum atomic E-state index is 12.7. The lowest BCUT2D eigenvalue weighted by Crippen LogP contribution is -2.32. The quantitative estimate of drug-likeness (QED) is 0.747. The lowest BCUT2D eigenvalue weighted by atomic mass is 10.1. The van der Waals surface area contributed by atoms with Crippen molar-refractivity contribution in [3.8, 4) is 0 Å². The normalized spacial score (nSPS) is 14.3. The van der Waals surface area contributed by atoms with Gasteiger partial charge in [-0.15, -0.1) is 0 Å². The molecule has 1 aliphatic rings. The molecule has 2 amide bonds. The van der Waals surface area contributed by atoms with E-state index in [1.54, 1.807) is 12.1 Å². The van der Waals surface area contributed by atoms with Crippen LogP contribution in [0, 0.1) is 6.92 Å². The highest BCUT2D eigenvalue weighted by molar-refractivity contribution is 6.53. The van der Waals surface area contributed by atoms with Crippen molar-refractivity contribution in [1.29, 1.82) is 0 Å². The third-order valence-electron chi connectivity index (χ3n) is 4.36. The Morgan fingerprint density at radius 1 is 0.962 bits per heavy atom. The predicted molar refractivity (Wildman–Crippen MR) is 105 cm³/mol. The van der Waals surface area contributed by atoms with Crippen molar-refractivity contribution in [2.75, 3.05) is 10.2 Å². The number of unbranched alkanes of at least 4 members (excludes halogenated alkanes) is 1. The minimum absolute atomic E-state index is 0.0920. The van der Waals surface area contributed by atoms with Gasteiger partial charge in [-0.2, -0.15) is 0 Å². The molecule has 0 unspecified atom stereocenters. The van der Waals surface area contributed by atoms with Crippen molar-refractivity contribution in [2.45, 2.75) is 33.1 Å². The summed E-state index contributed by atoms with van der Waals surface area (Å²) in [6, 6.07) is 15.0. The minimum Gasteiger partial charge on any atom is -0.350 e. The number of nitrogens with zero attached hydrogens (tertiary/aromatic N) is 1. The van der Waals surface area contributed by atoms with E-state index in [2.05, 4.69) is 12.2 Å². The van der Waals surface area contributed by atoms with Crippen LogP contribution in [0.15, 0.2) is 59.3 Å². The number of carbonyl (C=O) groups is 2. The van der Waals surface area contributed by atoms with Gasteiger partial charge >= 0.3 is 0 Å². The second-order valence-electron chi connectivity index (χ2n) is 6.40. The van der Waals surface area contributed by atoms with Gasteiger partial charge in [0.05, 0.1) is 5.69 Å². The summed E-state index contributed by atoms with van der Waals surface area (Å²) in [5.74, 6) is -0.957. The van der Waals surface area contributed by atoms with Crippen LogP contribution in [0.1, 0.15) is 30.9 Å². The SMILES string of the molecule is CCCCc1ccc(NC2=C(Cl)C(=O)N(c3ccc(C)cc3)C2=O)cc1. The summed E-state index contributed by atoms with van der Waals surface area (Å²) in [7, 11) is 0. The molecular formula is C21H21ClN2O2. The van der Waals surface area contributed by atoms with E-state index in [4.69, 9.17) is 11.6 Å². The molecule has 0 bridgehead atoms. The Kier molecular flexibility index (Phi) is 5.43. The minimum atomic E-state index is -0.511. The first-order chi connectivity index (χ1) is 12.5. The van der Waals surface area contributed by atoms with Gasteiger partial charge in [-0.05, 0) is 49.6 Å². The van der Waals surface area contributed by atoms with Crippen LogP contribution in [-0.4, -0.2) is 11.8 Å². The summed E-state index contributed by atoms with van der Waals surface area (Å²) in [6.45, 7) is 4.10. The molecule has 2 aromatic carbocycles. The number of benzene rings is 2. The summed E-state index contributed by atoms with van der Waals surface area (Å²) < 4.78 is 0. The molecule has 4 nitrogen and oxygen atoms in total. The first kappa shape index (κ1) is 18.2. The van der Waals surface area contributed by atoms with E-state index in [1.807, 2.05) is 43.3 Å². The highest BCUT2D eigenvalue weighted by Crippen LogP contribution is 2.30. The van der Waals surface area contributed by atoms with Crippen LogP contribution in [0.2, 0.25) is 0 Å². The zero-order valence-corrected chi connectivity index (χ0v) is 15.6. The van der Waals surface area contributed by atoms with Gasteiger partial charge < -0.3 is 5.32 Å². The van der Waals surface area contributed by atoms with Crippen LogP contribution >= 0.6 is 11.6 Å². The van der Waals surface area contributed by atoms with Crippen LogP contribution in [0.4, 0.5) is 11.4 Å². The van der Waals surface area contributed by atoms with E-state index >= 15 is 0 Å². The Bertz CT molecular complexity index is 855. The predicted octanol–water partition coefficient (Wildman–Crippen LogP) is 4.77. The van der Waals surface area contributed by atoms with Crippen LogP contribution in [0.3, 0.4) is 0 Å². The lowest BCUT2D eigenvalue weighted by Gasteiger charge is -2.15. The van der Waals surface area contributed by atoms with Crippen molar-refractivity contribution in [1.82, 2.24) is 0 Å². The lowest BCUT2D eigenvalue weighted by molar-refractivity contribution is -0.120. The van der Waals surface area contributed by atoms with Crippen molar-refractivity contribution in [2.24, 2.45) is 0 Å². The Balaban J connectivity index is 1.78. The number of imide groups is 1. The summed E-state index contributed by atoms with van der Waals surface area (Å²) in [4.78, 5) is 26.3. The van der Waals surface area contributed by atoms with E-state index in [-0.39, 0.29) is 10.7 Å². The highest BCUT2D eigenvalue weighted by atomic mass is 35.5. The Hall–Kier alpha value is -2.59. The van der Waals surface area contributed by atoms with Gasteiger partial charge in [-0.25, -0.2) is 4.90 Å². The van der Waals surface area contributed by atoms with Gasteiger partial charge in [0.2, 0.25) is 0 Å². The Morgan fingerprint density at radius 2 is 1.62 bits per heavy atom. The second-order valence-corrected chi connectivity index (χ2v) is 6.77. The van der Waals surface area contributed by atoms with E-state index in [9.17, 15) is 9.59 Å². The summed E-state index contributed by atoms with van der Waals surface area (Å²) >= 11 is 6.15. The maximum absolute atomic E-state index is 12.7. The molecule has 0 atom stereocenters. The fourth-order valence-corrected chi connectivity index (χ4v) is 3.03. The number of hydrogen-bond donors (Lipinski definition) is 1. The average molecular weight is 369 g/mol. The first-order valence-corrected chi connectivity index (χ1v) is 9.10. The number of anilines is 2. The topological polar surface area (TPSA) is 49.4 Å². The molecule has 134 valence electrons. The molecule has 0 saturated heterocycles. The Morgan fingerprint density at radius 3 is 2.23 bits per heavy atom. The van der Waals surface area contributed by atoms with E-state index in [0.29, 0.717) is 5.69 Å². The molecule has 5 heteroatoms. The van der Waals surface area contributed by atoms with Crippen LogP contribution in [0.25, 0.3) is 0 Å². The number of halogens is 1. The molecule has 3 rings (SSSR count). The van der Waals surface area contributed by atoms with Gasteiger partial charge in [-0.1, -0.05) is 54.8 Å². The fourth-order valence-electron chi connectivity index (χ4n) is 2.82. The number of hydrogen-bond acceptors (Lipinski definition) is 3. The zero-order chi connectivity index (χ0) is 18.7. The van der Waals surface area contributed by atoms with Crippen molar-refractivity contribution in [3.05, 3.63) is 70.4 Å². The number of amides is 2. The summed E-state index contributed by atoms with van der Waals surface area (Å²) in [5, 5.41) is 2.91. The molecule has 0 radical (unpaired) electrons. The molecule has 1 heterocycles. The average Bonchev–Trinajstić information content (AvgIpc) is 2.85. The van der Waals surface area contributed by atoms with E-state index in [1.165, 1.54) is 5.56 Å². The van der Waals surface area contributed by atoms with Gasteiger partial charge in [0.25, 0.3) is 11.8 Å². The molecule has 0 saturated carbocycles. The fraction of sp³-hybridized carbons (Fsp3) is 0.238.